The molecule has 194 valence electrons. The predicted molar refractivity (Wildman–Crippen MR) is 149 cm³/mol. The number of ether oxygens (including phenoxy) is 1. The van der Waals surface area contributed by atoms with Gasteiger partial charge in [-0.25, -0.2) is 4.79 Å². The molecule has 6 rings (SSSR count). The van der Waals surface area contributed by atoms with Gasteiger partial charge in [-0.3, -0.25) is 0 Å². The second-order valence-electron chi connectivity index (χ2n) is 10.9. The van der Waals surface area contributed by atoms with Gasteiger partial charge in [-0.2, -0.15) is 0 Å². The SMILES string of the molecule is CCN(C)Cc1cn2c3c(ccc(OC)c13)-c1c(C3CCCCC3)c3ccc(C(=O)O)cc3n1CCC2. The number of methoxy groups -OCH3 is 1. The molecule has 0 atom stereocenters. The second kappa shape index (κ2) is 9.56. The third-order valence-corrected chi connectivity index (χ3v) is 8.66. The first-order valence-corrected chi connectivity index (χ1v) is 13.8. The minimum atomic E-state index is -0.868. The van der Waals surface area contributed by atoms with E-state index < -0.39 is 5.97 Å². The number of fused-ring (bicyclic) bond motifs is 4. The van der Waals surface area contributed by atoms with E-state index in [1.807, 2.05) is 6.07 Å². The second-order valence-corrected chi connectivity index (χ2v) is 10.9. The van der Waals surface area contributed by atoms with Crippen molar-refractivity contribution in [3.05, 3.63) is 53.2 Å². The molecule has 0 saturated heterocycles. The van der Waals surface area contributed by atoms with Crippen LogP contribution in [0.15, 0.2) is 36.5 Å². The molecule has 2 aromatic carbocycles. The summed E-state index contributed by atoms with van der Waals surface area (Å²) in [5, 5.41) is 12.2. The minimum absolute atomic E-state index is 0.359. The van der Waals surface area contributed by atoms with Crippen LogP contribution in [-0.4, -0.2) is 45.8 Å². The monoisotopic (exact) mass is 499 g/mol. The fourth-order valence-electron chi connectivity index (χ4n) is 6.79. The summed E-state index contributed by atoms with van der Waals surface area (Å²) in [6, 6.07) is 10.1. The number of hydrogen-bond donors (Lipinski definition) is 1. The summed E-state index contributed by atoms with van der Waals surface area (Å²) in [5.74, 6) is 0.550. The fourth-order valence-corrected chi connectivity index (χ4v) is 6.79. The quantitative estimate of drug-likeness (QED) is 0.314. The Morgan fingerprint density at radius 1 is 1.11 bits per heavy atom. The van der Waals surface area contributed by atoms with Gasteiger partial charge in [0.1, 0.15) is 5.75 Å². The van der Waals surface area contributed by atoms with E-state index in [1.165, 1.54) is 70.8 Å². The summed E-state index contributed by atoms with van der Waals surface area (Å²) < 4.78 is 10.8. The number of carboxylic acids is 1. The molecule has 0 bridgehead atoms. The minimum Gasteiger partial charge on any atom is -0.496 e. The molecule has 0 spiro atoms. The highest BCUT2D eigenvalue weighted by Crippen LogP contribution is 2.48. The van der Waals surface area contributed by atoms with Crippen molar-refractivity contribution in [1.29, 1.82) is 0 Å². The summed E-state index contributed by atoms with van der Waals surface area (Å²) in [5.41, 5.74) is 7.91. The number of rotatable bonds is 6. The van der Waals surface area contributed by atoms with Gasteiger partial charge >= 0.3 is 5.97 Å². The Morgan fingerprint density at radius 2 is 1.92 bits per heavy atom. The maximum Gasteiger partial charge on any atom is 0.335 e. The van der Waals surface area contributed by atoms with Gasteiger partial charge in [0.25, 0.3) is 0 Å². The Kier molecular flexibility index (Phi) is 6.23. The Hall–Kier alpha value is -3.25. The summed E-state index contributed by atoms with van der Waals surface area (Å²) in [6.45, 7) is 5.84. The lowest BCUT2D eigenvalue weighted by molar-refractivity contribution is 0.0697. The maximum absolute atomic E-state index is 11.9. The maximum atomic E-state index is 11.9. The molecule has 1 aliphatic heterocycles. The number of carboxylic acid groups (broad SMARTS) is 1. The lowest BCUT2D eigenvalue weighted by Crippen LogP contribution is -2.16. The van der Waals surface area contributed by atoms with Gasteiger partial charge in [0.2, 0.25) is 0 Å². The smallest absolute Gasteiger partial charge is 0.335 e. The van der Waals surface area contributed by atoms with Crippen molar-refractivity contribution in [1.82, 2.24) is 14.0 Å². The highest BCUT2D eigenvalue weighted by atomic mass is 16.5. The van der Waals surface area contributed by atoms with Crippen molar-refractivity contribution in [3.8, 4) is 17.0 Å². The third kappa shape index (κ3) is 3.93. The summed E-state index contributed by atoms with van der Waals surface area (Å²) >= 11 is 0. The van der Waals surface area contributed by atoms with Crippen molar-refractivity contribution in [2.75, 3.05) is 20.7 Å². The predicted octanol–water partition coefficient (Wildman–Crippen LogP) is 6.87. The molecule has 37 heavy (non-hydrogen) atoms. The summed E-state index contributed by atoms with van der Waals surface area (Å²) in [6.07, 6.45) is 9.53. The van der Waals surface area contributed by atoms with Crippen LogP contribution in [0.2, 0.25) is 0 Å². The highest BCUT2D eigenvalue weighted by Gasteiger charge is 2.30. The van der Waals surface area contributed by atoms with E-state index in [0.717, 1.165) is 43.9 Å². The number of aromatic carboxylic acids is 1. The van der Waals surface area contributed by atoms with Gasteiger partial charge in [0.05, 0.1) is 23.9 Å². The van der Waals surface area contributed by atoms with E-state index in [-0.39, 0.29) is 0 Å². The first kappa shape index (κ1) is 24.1. The number of aromatic nitrogens is 2. The standard InChI is InChI=1S/C31H37N3O3/c1-4-32(2)18-22-19-33-15-8-16-34-25-17-21(31(35)36)11-12-23(25)27(20-9-6-5-7-10-20)30(34)24-13-14-26(37-3)28(22)29(24)33/h11-14,17,19-20H,4-10,15-16,18H2,1-3H3,(H,35,36). The number of benzene rings is 2. The topological polar surface area (TPSA) is 59.6 Å². The van der Waals surface area contributed by atoms with E-state index in [1.54, 1.807) is 13.2 Å². The highest BCUT2D eigenvalue weighted by molar-refractivity contribution is 6.05. The molecule has 3 heterocycles. The number of nitrogens with zero attached hydrogens (tertiary/aromatic N) is 3. The average molecular weight is 500 g/mol. The Balaban J connectivity index is 1.69. The van der Waals surface area contributed by atoms with Gasteiger partial charge in [-0.1, -0.05) is 32.3 Å². The van der Waals surface area contributed by atoms with Crippen molar-refractivity contribution >= 4 is 27.8 Å². The first-order chi connectivity index (χ1) is 18.0. The van der Waals surface area contributed by atoms with Crippen LogP contribution in [0.5, 0.6) is 5.75 Å². The van der Waals surface area contributed by atoms with Crippen LogP contribution in [-0.2, 0) is 19.6 Å². The average Bonchev–Trinajstić information content (AvgIpc) is 3.42. The molecule has 0 unspecified atom stereocenters. The van der Waals surface area contributed by atoms with Gasteiger partial charge in [0.15, 0.2) is 0 Å². The van der Waals surface area contributed by atoms with Crippen LogP contribution in [0.25, 0.3) is 33.1 Å². The van der Waals surface area contributed by atoms with Crippen molar-refractivity contribution < 1.29 is 14.6 Å². The van der Waals surface area contributed by atoms with Crippen molar-refractivity contribution in [3.63, 3.8) is 0 Å². The zero-order valence-corrected chi connectivity index (χ0v) is 22.2. The number of hydrogen-bond acceptors (Lipinski definition) is 3. The molecular weight excluding hydrogens is 462 g/mol. The van der Waals surface area contributed by atoms with Crippen LogP contribution >= 0.6 is 0 Å². The molecule has 1 aliphatic carbocycles. The zero-order chi connectivity index (χ0) is 25.7. The van der Waals surface area contributed by atoms with Crippen LogP contribution in [0.4, 0.5) is 0 Å². The lowest BCUT2D eigenvalue weighted by Gasteiger charge is -2.25. The van der Waals surface area contributed by atoms with Crippen LogP contribution < -0.4 is 4.74 Å². The van der Waals surface area contributed by atoms with Crippen molar-refractivity contribution in [2.45, 2.75) is 71.0 Å². The van der Waals surface area contributed by atoms with E-state index in [9.17, 15) is 9.90 Å². The third-order valence-electron chi connectivity index (χ3n) is 8.66. The van der Waals surface area contributed by atoms with E-state index in [0.29, 0.717) is 11.5 Å². The van der Waals surface area contributed by atoms with E-state index >= 15 is 0 Å². The lowest BCUT2D eigenvalue weighted by atomic mass is 9.81. The molecule has 1 fully saturated rings. The fraction of sp³-hybridized carbons (Fsp3) is 0.452. The number of carbonyl (C=O) groups is 1. The van der Waals surface area contributed by atoms with Gasteiger partial charge in [0, 0.05) is 47.7 Å². The molecule has 1 saturated carbocycles. The molecule has 2 aromatic heterocycles. The zero-order valence-electron chi connectivity index (χ0n) is 22.2. The molecule has 0 amide bonds. The van der Waals surface area contributed by atoms with Crippen LogP contribution in [0.3, 0.4) is 0 Å². The van der Waals surface area contributed by atoms with Crippen LogP contribution in [0.1, 0.15) is 72.9 Å². The van der Waals surface area contributed by atoms with Crippen LogP contribution in [0, 0.1) is 0 Å². The Labute approximate surface area is 218 Å². The van der Waals surface area contributed by atoms with E-state index in [4.69, 9.17) is 4.74 Å². The summed E-state index contributed by atoms with van der Waals surface area (Å²) in [4.78, 5) is 14.3. The summed E-state index contributed by atoms with van der Waals surface area (Å²) in [7, 11) is 3.93. The van der Waals surface area contributed by atoms with Gasteiger partial charge < -0.3 is 23.9 Å². The molecule has 6 nitrogen and oxygen atoms in total. The van der Waals surface area contributed by atoms with Gasteiger partial charge in [-0.05, 0) is 74.2 Å². The Bertz CT molecular complexity index is 1490. The molecular formula is C31H37N3O3. The first-order valence-electron chi connectivity index (χ1n) is 13.8. The van der Waals surface area contributed by atoms with Crippen molar-refractivity contribution in [2.24, 2.45) is 0 Å². The molecule has 2 aliphatic rings. The van der Waals surface area contributed by atoms with E-state index in [2.05, 4.69) is 52.4 Å². The normalized spacial score (nSPS) is 16.2. The largest absolute Gasteiger partial charge is 0.496 e. The molecule has 6 heteroatoms. The molecule has 1 N–H and O–H groups in total. The molecule has 0 radical (unpaired) electrons. The van der Waals surface area contributed by atoms with Gasteiger partial charge in [-0.15, -0.1) is 0 Å². The molecule has 4 aromatic rings. The Morgan fingerprint density at radius 3 is 2.65 bits per heavy atom. The number of aryl methyl sites for hydroxylation is 2.